The third kappa shape index (κ3) is 3.48. The summed E-state index contributed by atoms with van der Waals surface area (Å²) in [7, 11) is 0. The van der Waals surface area contributed by atoms with Crippen molar-refractivity contribution in [3.05, 3.63) is 48.3 Å². The first-order valence-electron chi connectivity index (χ1n) is 10.8. The number of hydrogen-bond acceptors (Lipinski definition) is 5. The van der Waals surface area contributed by atoms with Gasteiger partial charge in [0.05, 0.1) is 17.3 Å². The minimum Gasteiger partial charge on any atom is -0.326 e. The molecule has 1 aliphatic carbocycles. The van der Waals surface area contributed by atoms with Gasteiger partial charge >= 0.3 is 0 Å². The number of carbonyl (C=O) groups excluding carboxylic acids is 1. The first-order valence-corrected chi connectivity index (χ1v) is 10.8. The average molecular weight is 413 g/mol. The van der Waals surface area contributed by atoms with Crippen molar-refractivity contribution < 1.29 is 4.79 Å². The Morgan fingerprint density at radius 3 is 2.77 bits per heavy atom. The molecule has 2 aromatic carbocycles. The molecule has 2 fully saturated rings. The molecule has 4 aromatic rings. The number of H-pyrrole nitrogens is 2. The molecule has 2 aliphatic rings. The fourth-order valence-electron chi connectivity index (χ4n) is 4.18. The summed E-state index contributed by atoms with van der Waals surface area (Å²) < 4.78 is 0. The molecular weight excluding hydrogens is 390 g/mol. The van der Waals surface area contributed by atoms with Crippen LogP contribution in [0, 0.1) is 5.92 Å². The highest BCUT2D eigenvalue weighted by Crippen LogP contribution is 2.33. The van der Waals surface area contributed by atoms with Gasteiger partial charge in [0.1, 0.15) is 0 Å². The highest BCUT2D eigenvalue weighted by molar-refractivity contribution is 5.97. The lowest BCUT2D eigenvalue weighted by molar-refractivity contribution is -0.117. The van der Waals surface area contributed by atoms with E-state index in [0.717, 1.165) is 77.3 Å². The molecule has 8 nitrogen and oxygen atoms in total. The van der Waals surface area contributed by atoms with E-state index in [1.165, 1.54) is 0 Å². The minimum atomic E-state index is 0.101. The smallest absolute Gasteiger partial charge is 0.227 e. The Balaban J connectivity index is 1.33. The van der Waals surface area contributed by atoms with Crippen molar-refractivity contribution in [3.8, 4) is 22.6 Å². The Bertz CT molecular complexity index is 1260. The van der Waals surface area contributed by atoms with Crippen LogP contribution >= 0.6 is 0 Å². The van der Waals surface area contributed by atoms with Gasteiger partial charge in [-0.1, -0.05) is 12.1 Å². The van der Waals surface area contributed by atoms with Crippen LogP contribution in [0.15, 0.2) is 42.5 Å². The molecule has 2 aromatic heterocycles. The second-order valence-electron chi connectivity index (χ2n) is 8.37. The number of aromatic nitrogens is 5. The summed E-state index contributed by atoms with van der Waals surface area (Å²) in [5.74, 6) is 1.84. The number of nitrogens with one attached hydrogen (secondary N) is 4. The van der Waals surface area contributed by atoms with Gasteiger partial charge in [-0.05, 0) is 62.6 Å². The first kappa shape index (κ1) is 18.3. The fourth-order valence-corrected chi connectivity index (χ4v) is 4.18. The molecule has 8 heteroatoms. The summed E-state index contributed by atoms with van der Waals surface area (Å²) >= 11 is 0. The lowest BCUT2D eigenvalue weighted by Crippen LogP contribution is -2.14. The van der Waals surface area contributed by atoms with Crippen LogP contribution in [-0.4, -0.2) is 37.8 Å². The average Bonchev–Trinajstić information content (AvgIpc) is 3.19. The molecule has 1 unspecified atom stereocenters. The third-order valence-corrected chi connectivity index (χ3v) is 6.06. The maximum absolute atomic E-state index is 12.1. The lowest BCUT2D eigenvalue weighted by Gasteiger charge is -2.06. The normalized spacial score (nSPS) is 18.5. The van der Waals surface area contributed by atoms with Crippen molar-refractivity contribution in [3.63, 3.8) is 0 Å². The van der Waals surface area contributed by atoms with E-state index in [1.54, 1.807) is 0 Å². The zero-order chi connectivity index (χ0) is 20.8. The zero-order valence-electron chi connectivity index (χ0n) is 17.0. The molecule has 6 rings (SSSR count). The second kappa shape index (κ2) is 7.31. The number of nitrogens with zero attached hydrogens (tertiary/aromatic N) is 3. The van der Waals surface area contributed by atoms with E-state index in [1.807, 2.05) is 36.4 Å². The van der Waals surface area contributed by atoms with Gasteiger partial charge in [0, 0.05) is 28.1 Å². The van der Waals surface area contributed by atoms with E-state index >= 15 is 0 Å². The summed E-state index contributed by atoms with van der Waals surface area (Å²) in [6.45, 7) is 1.01. The van der Waals surface area contributed by atoms with Crippen molar-refractivity contribution in [1.29, 1.82) is 0 Å². The molecule has 1 amide bonds. The minimum absolute atomic E-state index is 0.101. The van der Waals surface area contributed by atoms with Crippen LogP contribution < -0.4 is 10.6 Å². The van der Waals surface area contributed by atoms with Crippen LogP contribution in [0.5, 0.6) is 0 Å². The standard InChI is InChI=1S/C23H23N7O/c31-23(13-6-7-13)25-16-4-1-3-14(11-16)20-17-12-15(8-9-18(17)27-28-20)21-26-22(30-29-21)19-5-2-10-24-19/h1,3-4,8-9,11-13,19,24H,2,5-7,10H2,(H,25,31)(H,27,28)(H,26,29,30). The Morgan fingerprint density at radius 2 is 1.94 bits per heavy atom. The predicted octanol–water partition coefficient (Wildman–Crippen LogP) is 3.79. The van der Waals surface area contributed by atoms with Crippen molar-refractivity contribution in [2.75, 3.05) is 11.9 Å². The maximum atomic E-state index is 12.1. The molecule has 1 saturated carbocycles. The fraction of sp³-hybridized carbons (Fsp3) is 0.304. The van der Waals surface area contributed by atoms with Gasteiger partial charge in [0.2, 0.25) is 5.91 Å². The van der Waals surface area contributed by atoms with Gasteiger partial charge in [-0.25, -0.2) is 4.98 Å². The third-order valence-electron chi connectivity index (χ3n) is 6.06. The van der Waals surface area contributed by atoms with Crippen LogP contribution in [0.4, 0.5) is 5.69 Å². The largest absolute Gasteiger partial charge is 0.326 e. The number of anilines is 1. The van der Waals surface area contributed by atoms with Gasteiger partial charge in [0.15, 0.2) is 11.6 Å². The monoisotopic (exact) mass is 413 g/mol. The van der Waals surface area contributed by atoms with Gasteiger partial charge < -0.3 is 10.6 Å². The van der Waals surface area contributed by atoms with Crippen LogP contribution in [0.3, 0.4) is 0 Å². The molecule has 31 heavy (non-hydrogen) atoms. The van der Waals surface area contributed by atoms with Crippen LogP contribution in [0.1, 0.15) is 37.5 Å². The van der Waals surface area contributed by atoms with E-state index < -0.39 is 0 Å². The number of fused-ring (bicyclic) bond motifs is 1. The molecule has 4 N–H and O–H groups in total. The van der Waals surface area contributed by atoms with Crippen LogP contribution in [-0.2, 0) is 4.79 Å². The van der Waals surface area contributed by atoms with Crippen molar-refractivity contribution in [2.45, 2.75) is 31.7 Å². The number of aromatic amines is 2. The SMILES string of the molecule is O=C(Nc1cccc(-c2n[nH]c3ccc(-c4nc(C5CCCN5)n[nH]4)cc23)c1)C1CC1. The maximum Gasteiger partial charge on any atom is 0.227 e. The molecule has 156 valence electrons. The van der Waals surface area contributed by atoms with Crippen molar-refractivity contribution in [1.82, 2.24) is 30.7 Å². The quantitative estimate of drug-likeness (QED) is 0.398. The van der Waals surface area contributed by atoms with E-state index in [4.69, 9.17) is 4.98 Å². The van der Waals surface area contributed by atoms with E-state index in [0.29, 0.717) is 0 Å². The lowest BCUT2D eigenvalue weighted by atomic mass is 10.0. The van der Waals surface area contributed by atoms with E-state index in [2.05, 4.69) is 37.1 Å². The molecule has 1 atom stereocenters. The summed E-state index contributed by atoms with van der Waals surface area (Å²) in [5, 5.41) is 22.6. The number of amides is 1. The first-order chi connectivity index (χ1) is 15.2. The number of hydrogen-bond donors (Lipinski definition) is 4. The summed E-state index contributed by atoms with van der Waals surface area (Å²) in [6, 6.07) is 14.2. The predicted molar refractivity (Wildman–Crippen MR) is 118 cm³/mol. The molecule has 0 bridgehead atoms. The molecular formula is C23H23N7O. The van der Waals surface area contributed by atoms with Crippen molar-refractivity contribution >= 4 is 22.5 Å². The van der Waals surface area contributed by atoms with Crippen LogP contribution in [0.2, 0.25) is 0 Å². The Kier molecular flexibility index (Phi) is 4.31. The second-order valence-corrected chi connectivity index (χ2v) is 8.37. The van der Waals surface area contributed by atoms with Gasteiger partial charge in [0.25, 0.3) is 0 Å². The summed E-state index contributed by atoms with van der Waals surface area (Å²) in [6.07, 6.45) is 4.19. The highest BCUT2D eigenvalue weighted by atomic mass is 16.2. The topological polar surface area (TPSA) is 111 Å². The highest BCUT2D eigenvalue weighted by Gasteiger charge is 2.29. The number of rotatable bonds is 5. The van der Waals surface area contributed by atoms with E-state index in [9.17, 15) is 4.79 Å². The Hall–Kier alpha value is -3.52. The summed E-state index contributed by atoms with van der Waals surface area (Å²) in [4.78, 5) is 16.8. The number of carbonyl (C=O) groups is 1. The molecule has 3 heterocycles. The van der Waals surface area contributed by atoms with Gasteiger partial charge in [-0.15, -0.1) is 0 Å². The molecule has 0 radical (unpaired) electrons. The Morgan fingerprint density at radius 1 is 1.00 bits per heavy atom. The van der Waals surface area contributed by atoms with Gasteiger partial charge in [-0.2, -0.15) is 10.2 Å². The molecule has 0 spiro atoms. The molecule has 1 saturated heterocycles. The molecule has 1 aliphatic heterocycles. The van der Waals surface area contributed by atoms with Gasteiger partial charge in [-0.3, -0.25) is 15.0 Å². The van der Waals surface area contributed by atoms with Crippen molar-refractivity contribution in [2.24, 2.45) is 5.92 Å². The number of benzene rings is 2. The zero-order valence-corrected chi connectivity index (χ0v) is 17.0. The Labute approximate surface area is 178 Å². The summed E-state index contributed by atoms with van der Waals surface area (Å²) in [5.41, 5.74) is 4.50. The van der Waals surface area contributed by atoms with Crippen LogP contribution in [0.25, 0.3) is 33.5 Å². The van der Waals surface area contributed by atoms with E-state index in [-0.39, 0.29) is 17.9 Å².